The molecule has 1 amide bonds. The van der Waals surface area contributed by atoms with Crippen LogP contribution in [-0.4, -0.2) is 12.5 Å². The molecule has 6 heteroatoms. The molecule has 1 aliphatic rings. The first-order valence-corrected chi connectivity index (χ1v) is 5.86. The van der Waals surface area contributed by atoms with Crippen LogP contribution < -0.4 is 4.90 Å². The Morgan fingerprint density at radius 3 is 2.47 bits per heavy atom. The average Bonchev–Trinajstić information content (AvgIpc) is 2.62. The summed E-state index contributed by atoms with van der Waals surface area (Å²) < 4.78 is 37.5. The zero-order valence-electron chi connectivity index (χ0n) is 8.72. The van der Waals surface area contributed by atoms with Gasteiger partial charge in [-0.3, -0.25) is 4.79 Å². The number of alkyl halides is 3. The number of hydrogen-bond donors (Lipinski definition) is 0. The van der Waals surface area contributed by atoms with Crippen LogP contribution >= 0.6 is 15.9 Å². The van der Waals surface area contributed by atoms with E-state index in [2.05, 4.69) is 15.9 Å². The van der Waals surface area contributed by atoms with Crippen molar-refractivity contribution in [2.24, 2.45) is 0 Å². The van der Waals surface area contributed by atoms with Crippen LogP contribution in [0.3, 0.4) is 0 Å². The molecule has 0 spiro atoms. The van der Waals surface area contributed by atoms with Crippen LogP contribution in [0.15, 0.2) is 22.7 Å². The molecular weight excluding hydrogens is 299 g/mol. The summed E-state index contributed by atoms with van der Waals surface area (Å²) in [7, 11) is 0. The predicted molar refractivity (Wildman–Crippen MR) is 60.7 cm³/mol. The van der Waals surface area contributed by atoms with Gasteiger partial charge >= 0.3 is 6.18 Å². The molecule has 1 aromatic carbocycles. The highest BCUT2D eigenvalue weighted by atomic mass is 79.9. The van der Waals surface area contributed by atoms with Gasteiger partial charge in [0.2, 0.25) is 5.91 Å². The van der Waals surface area contributed by atoms with Gasteiger partial charge in [-0.15, -0.1) is 0 Å². The molecule has 1 heterocycles. The van der Waals surface area contributed by atoms with Crippen molar-refractivity contribution in [3.05, 3.63) is 28.2 Å². The highest BCUT2D eigenvalue weighted by Crippen LogP contribution is 2.37. The Bertz CT molecular complexity index is 459. The molecule has 0 saturated carbocycles. The zero-order valence-corrected chi connectivity index (χ0v) is 10.3. The minimum atomic E-state index is -4.38. The Kier molecular flexibility index (Phi) is 3.16. The van der Waals surface area contributed by atoms with Crippen LogP contribution in [0.5, 0.6) is 0 Å². The number of carbonyl (C=O) groups is 1. The molecule has 1 aliphatic heterocycles. The number of rotatable bonds is 1. The number of amides is 1. The monoisotopic (exact) mass is 307 g/mol. The van der Waals surface area contributed by atoms with Gasteiger partial charge in [0.1, 0.15) is 0 Å². The first kappa shape index (κ1) is 12.4. The van der Waals surface area contributed by atoms with Gasteiger partial charge in [0.05, 0.1) is 5.56 Å². The smallest absolute Gasteiger partial charge is 0.312 e. The summed E-state index contributed by atoms with van der Waals surface area (Å²) in [6.45, 7) is 0.566. The first-order valence-electron chi connectivity index (χ1n) is 5.07. The maximum Gasteiger partial charge on any atom is 0.417 e. The maximum atomic E-state index is 12.5. The lowest BCUT2D eigenvalue weighted by Crippen LogP contribution is -2.23. The Labute approximate surface area is 105 Å². The molecule has 0 N–H and O–H groups in total. The van der Waals surface area contributed by atoms with E-state index >= 15 is 0 Å². The molecule has 17 heavy (non-hydrogen) atoms. The second-order valence-electron chi connectivity index (χ2n) is 3.81. The molecule has 1 saturated heterocycles. The van der Waals surface area contributed by atoms with Crippen LogP contribution in [0.4, 0.5) is 18.9 Å². The van der Waals surface area contributed by atoms with Crippen molar-refractivity contribution in [1.82, 2.24) is 0 Å². The number of nitrogens with zero attached hydrogens (tertiary/aromatic N) is 1. The molecule has 2 nitrogen and oxygen atoms in total. The van der Waals surface area contributed by atoms with E-state index in [1.165, 1.54) is 17.0 Å². The second kappa shape index (κ2) is 4.33. The Balaban J connectivity index is 2.34. The Hall–Kier alpha value is -1.04. The summed E-state index contributed by atoms with van der Waals surface area (Å²) in [6.07, 6.45) is -3.18. The number of hydrogen-bond acceptors (Lipinski definition) is 1. The van der Waals surface area contributed by atoms with E-state index in [1.54, 1.807) is 0 Å². The van der Waals surface area contributed by atoms with Gasteiger partial charge in [0.15, 0.2) is 0 Å². The molecule has 2 rings (SSSR count). The van der Waals surface area contributed by atoms with E-state index in [-0.39, 0.29) is 10.4 Å². The Morgan fingerprint density at radius 2 is 2.00 bits per heavy atom. The lowest BCUT2D eigenvalue weighted by Gasteiger charge is -2.17. The average molecular weight is 308 g/mol. The van der Waals surface area contributed by atoms with Gasteiger partial charge in [-0.25, -0.2) is 0 Å². The SMILES string of the molecule is O=C1CCCN1c1ccc(C(F)(F)F)c(Br)c1. The van der Waals surface area contributed by atoms with Gasteiger partial charge in [0.25, 0.3) is 0 Å². The minimum Gasteiger partial charge on any atom is -0.312 e. The van der Waals surface area contributed by atoms with Crippen LogP contribution in [0.1, 0.15) is 18.4 Å². The van der Waals surface area contributed by atoms with Gasteiger partial charge in [0, 0.05) is 23.1 Å². The third-order valence-corrected chi connectivity index (χ3v) is 3.30. The summed E-state index contributed by atoms with van der Waals surface area (Å²) in [5.74, 6) is -0.0448. The molecule has 0 bridgehead atoms. The fourth-order valence-electron chi connectivity index (χ4n) is 1.82. The number of benzene rings is 1. The molecule has 0 aliphatic carbocycles. The first-order chi connectivity index (χ1) is 7.89. The Morgan fingerprint density at radius 1 is 1.29 bits per heavy atom. The van der Waals surface area contributed by atoms with Crippen molar-refractivity contribution in [1.29, 1.82) is 0 Å². The van der Waals surface area contributed by atoms with Crippen molar-refractivity contribution in [2.45, 2.75) is 19.0 Å². The lowest BCUT2D eigenvalue weighted by molar-refractivity contribution is -0.138. The third kappa shape index (κ3) is 2.46. The maximum absolute atomic E-state index is 12.5. The molecule has 1 fully saturated rings. The molecule has 0 atom stereocenters. The van der Waals surface area contributed by atoms with Gasteiger partial charge < -0.3 is 4.90 Å². The third-order valence-electron chi connectivity index (χ3n) is 2.64. The molecule has 0 aromatic heterocycles. The van der Waals surface area contributed by atoms with E-state index < -0.39 is 11.7 Å². The number of carbonyl (C=O) groups excluding carboxylic acids is 1. The van der Waals surface area contributed by atoms with Crippen molar-refractivity contribution < 1.29 is 18.0 Å². The minimum absolute atomic E-state index is 0.0396. The van der Waals surface area contributed by atoms with E-state index in [9.17, 15) is 18.0 Å². The molecule has 92 valence electrons. The fourth-order valence-corrected chi connectivity index (χ4v) is 2.41. The van der Waals surface area contributed by atoms with Crippen LogP contribution in [0.25, 0.3) is 0 Å². The molecule has 0 unspecified atom stereocenters. The summed E-state index contributed by atoms with van der Waals surface area (Å²) in [5, 5.41) is 0. The summed E-state index contributed by atoms with van der Waals surface area (Å²) in [4.78, 5) is 13.0. The topological polar surface area (TPSA) is 20.3 Å². The molecule has 1 aromatic rings. The van der Waals surface area contributed by atoms with E-state index in [0.29, 0.717) is 18.7 Å². The zero-order chi connectivity index (χ0) is 12.6. The van der Waals surface area contributed by atoms with E-state index in [0.717, 1.165) is 12.5 Å². The number of halogens is 4. The van der Waals surface area contributed by atoms with E-state index in [4.69, 9.17) is 0 Å². The van der Waals surface area contributed by atoms with Gasteiger partial charge in [-0.1, -0.05) is 15.9 Å². The highest BCUT2D eigenvalue weighted by molar-refractivity contribution is 9.10. The van der Waals surface area contributed by atoms with Crippen LogP contribution in [0.2, 0.25) is 0 Å². The molecule has 0 radical (unpaired) electrons. The largest absolute Gasteiger partial charge is 0.417 e. The second-order valence-corrected chi connectivity index (χ2v) is 4.67. The van der Waals surface area contributed by atoms with E-state index in [1.807, 2.05) is 0 Å². The van der Waals surface area contributed by atoms with Crippen molar-refractivity contribution in [3.63, 3.8) is 0 Å². The highest BCUT2D eigenvalue weighted by Gasteiger charge is 2.33. The lowest BCUT2D eigenvalue weighted by atomic mass is 10.2. The van der Waals surface area contributed by atoms with Gasteiger partial charge in [-0.2, -0.15) is 13.2 Å². The summed E-state index contributed by atoms with van der Waals surface area (Å²) in [5.41, 5.74) is -0.222. The van der Waals surface area contributed by atoms with Crippen LogP contribution in [0, 0.1) is 0 Å². The quantitative estimate of drug-likeness (QED) is 0.776. The summed E-state index contributed by atoms with van der Waals surface area (Å²) in [6, 6.07) is 3.66. The standard InChI is InChI=1S/C11H9BrF3NO/c12-9-6-7(16-5-1-2-10(16)17)3-4-8(9)11(13,14)15/h3-4,6H,1-2,5H2. The van der Waals surface area contributed by atoms with Crippen molar-refractivity contribution in [2.75, 3.05) is 11.4 Å². The normalized spacial score (nSPS) is 16.7. The number of anilines is 1. The summed E-state index contributed by atoms with van der Waals surface area (Å²) >= 11 is 2.89. The fraction of sp³-hybridized carbons (Fsp3) is 0.364. The predicted octanol–water partition coefficient (Wildman–Crippen LogP) is 3.59. The van der Waals surface area contributed by atoms with Crippen molar-refractivity contribution in [3.8, 4) is 0 Å². The molecular formula is C11H9BrF3NO. The van der Waals surface area contributed by atoms with Gasteiger partial charge in [-0.05, 0) is 24.6 Å². The van der Waals surface area contributed by atoms with Crippen molar-refractivity contribution >= 4 is 27.5 Å². The van der Waals surface area contributed by atoms with Crippen LogP contribution in [-0.2, 0) is 11.0 Å².